The third kappa shape index (κ3) is 1.79. The van der Waals surface area contributed by atoms with Crippen LogP contribution in [0.5, 0.6) is 0 Å². The van der Waals surface area contributed by atoms with Gasteiger partial charge in [0.15, 0.2) is 0 Å². The molecule has 2 aromatic rings. The Hall–Kier alpha value is -2.10. The SMILES string of the molecule is O=C(O)c1cccc2nc(N3CCCC3)ccc12. The van der Waals surface area contributed by atoms with Gasteiger partial charge in [-0.05, 0) is 37.1 Å². The Bertz CT molecular complexity index is 604. The average Bonchev–Trinajstić information content (AvgIpc) is 2.91. The van der Waals surface area contributed by atoms with Gasteiger partial charge in [0, 0.05) is 18.5 Å². The van der Waals surface area contributed by atoms with Crippen LogP contribution in [0.4, 0.5) is 5.82 Å². The average molecular weight is 242 g/mol. The summed E-state index contributed by atoms with van der Waals surface area (Å²) in [5.74, 6) is 0.0406. The first-order chi connectivity index (χ1) is 8.75. The Morgan fingerprint density at radius 2 is 1.94 bits per heavy atom. The highest BCUT2D eigenvalue weighted by molar-refractivity contribution is 6.02. The van der Waals surface area contributed by atoms with E-state index < -0.39 is 5.97 Å². The topological polar surface area (TPSA) is 53.4 Å². The van der Waals surface area contributed by atoms with Crippen molar-refractivity contribution in [3.05, 3.63) is 35.9 Å². The second-order valence-corrected chi connectivity index (χ2v) is 4.54. The second-order valence-electron chi connectivity index (χ2n) is 4.54. The maximum absolute atomic E-state index is 11.1. The number of carboxylic acid groups (broad SMARTS) is 1. The number of hydrogen-bond acceptors (Lipinski definition) is 3. The lowest BCUT2D eigenvalue weighted by Gasteiger charge is -2.16. The van der Waals surface area contributed by atoms with Crippen LogP contribution in [0.2, 0.25) is 0 Å². The number of rotatable bonds is 2. The van der Waals surface area contributed by atoms with Crippen molar-refractivity contribution in [2.75, 3.05) is 18.0 Å². The number of aromatic nitrogens is 1. The van der Waals surface area contributed by atoms with E-state index in [0.29, 0.717) is 10.9 Å². The number of nitrogens with zero attached hydrogens (tertiary/aromatic N) is 2. The normalized spacial score (nSPS) is 15.2. The van der Waals surface area contributed by atoms with Crippen molar-refractivity contribution in [3.63, 3.8) is 0 Å². The van der Waals surface area contributed by atoms with E-state index in [-0.39, 0.29) is 0 Å². The predicted molar refractivity (Wildman–Crippen MR) is 70.1 cm³/mol. The Labute approximate surface area is 105 Å². The molecule has 18 heavy (non-hydrogen) atoms. The highest BCUT2D eigenvalue weighted by Gasteiger charge is 2.15. The predicted octanol–water partition coefficient (Wildman–Crippen LogP) is 2.53. The lowest BCUT2D eigenvalue weighted by Crippen LogP contribution is -2.18. The fourth-order valence-electron chi connectivity index (χ4n) is 2.45. The lowest BCUT2D eigenvalue weighted by atomic mass is 10.1. The van der Waals surface area contributed by atoms with Crippen LogP contribution in [0.1, 0.15) is 23.2 Å². The minimum atomic E-state index is -0.906. The number of pyridine rings is 1. The van der Waals surface area contributed by atoms with E-state index in [4.69, 9.17) is 5.11 Å². The van der Waals surface area contributed by atoms with Gasteiger partial charge in [0.1, 0.15) is 5.82 Å². The molecular weight excluding hydrogens is 228 g/mol. The highest BCUT2D eigenvalue weighted by Crippen LogP contribution is 2.23. The zero-order valence-corrected chi connectivity index (χ0v) is 9.97. The molecule has 1 saturated heterocycles. The standard InChI is InChI=1S/C14H14N2O2/c17-14(18)11-4-3-5-12-10(11)6-7-13(15-12)16-8-1-2-9-16/h3-7H,1-2,8-9H2,(H,17,18). The molecule has 0 spiro atoms. The van der Waals surface area contributed by atoms with E-state index in [1.165, 1.54) is 12.8 Å². The molecule has 0 unspecified atom stereocenters. The third-order valence-corrected chi connectivity index (χ3v) is 3.38. The van der Waals surface area contributed by atoms with Gasteiger partial charge < -0.3 is 10.0 Å². The summed E-state index contributed by atoms with van der Waals surface area (Å²) in [4.78, 5) is 17.9. The molecule has 1 aromatic heterocycles. The summed E-state index contributed by atoms with van der Waals surface area (Å²) in [6, 6.07) is 9.00. The highest BCUT2D eigenvalue weighted by atomic mass is 16.4. The van der Waals surface area contributed by atoms with Crippen LogP contribution >= 0.6 is 0 Å². The number of hydrogen-bond donors (Lipinski definition) is 1. The van der Waals surface area contributed by atoms with E-state index in [2.05, 4.69) is 9.88 Å². The molecular formula is C14H14N2O2. The number of anilines is 1. The van der Waals surface area contributed by atoms with Crippen molar-refractivity contribution in [2.24, 2.45) is 0 Å². The van der Waals surface area contributed by atoms with Crippen LogP contribution in [0, 0.1) is 0 Å². The molecule has 0 radical (unpaired) electrons. The Morgan fingerprint density at radius 1 is 1.17 bits per heavy atom. The Balaban J connectivity index is 2.10. The summed E-state index contributed by atoms with van der Waals surface area (Å²) in [6.07, 6.45) is 2.41. The molecule has 0 aliphatic carbocycles. The van der Waals surface area contributed by atoms with Gasteiger partial charge in [0.2, 0.25) is 0 Å². The molecule has 1 aliphatic rings. The first-order valence-corrected chi connectivity index (χ1v) is 6.14. The van der Waals surface area contributed by atoms with Crippen molar-refractivity contribution in [1.82, 2.24) is 4.98 Å². The van der Waals surface area contributed by atoms with Crippen LogP contribution < -0.4 is 4.90 Å². The summed E-state index contributed by atoms with van der Waals surface area (Å²) in [5, 5.41) is 9.83. The van der Waals surface area contributed by atoms with Crippen LogP contribution in [0.3, 0.4) is 0 Å². The van der Waals surface area contributed by atoms with E-state index in [0.717, 1.165) is 24.4 Å². The summed E-state index contributed by atoms with van der Waals surface area (Å²) >= 11 is 0. The number of carbonyl (C=O) groups is 1. The van der Waals surface area contributed by atoms with Crippen molar-refractivity contribution in [3.8, 4) is 0 Å². The van der Waals surface area contributed by atoms with E-state index in [9.17, 15) is 4.79 Å². The van der Waals surface area contributed by atoms with Crippen LogP contribution in [-0.2, 0) is 0 Å². The minimum absolute atomic E-state index is 0.313. The van der Waals surface area contributed by atoms with Gasteiger partial charge in [-0.3, -0.25) is 0 Å². The zero-order chi connectivity index (χ0) is 12.5. The summed E-state index contributed by atoms with van der Waals surface area (Å²) in [7, 11) is 0. The van der Waals surface area contributed by atoms with Crippen LogP contribution in [0.25, 0.3) is 10.9 Å². The third-order valence-electron chi connectivity index (χ3n) is 3.38. The van der Waals surface area contributed by atoms with Gasteiger partial charge in [-0.25, -0.2) is 9.78 Å². The van der Waals surface area contributed by atoms with Crippen molar-refractivity contribution < 1.29 is 9.90 Å². The molecule has 4 nitrogen and oxygen atoms in total. The van der Waals surface area contributed by atoms with Gasteiger partial charge >= 0.3 is 5.97 Å². The Kier molecular flexibility index (Phi) is 2.63. The van der Waals surface area contributed by atoms with Gasteiger partial charge in [0.05, 0.1) is 11.1 Å². The largest absolute Gasteiger partial charge is 0.478 e. The molecule has 1 aromatic carbocycles. The van der Waals surface area contributed by atoms with Gasteiger partial charge in [-0.1, -0.05) is 6.07 Å². The maximum Gasteiger partial charge on any atom is 0.336 e. The van der Waals surface area contributed by atoms with Gasteiger partial charge in [-0.2, -0.15) is 0 Å². The molecule has 1 aliphatic heterocycles. The van der Waals surface area contributed by atoms with Crippen LogP contribution in [0.15, 0.2) is 30.3 Å². The fraction of sp³-hybridized carbons (Fsp3) is 0.286. The molecule has 0 atom stereocenters. The Morgan fingerprint density at radius 3 is 2.67 bits per heavy atom. The molecule has 4 heteroatoms. The van der Waals surface area contributed by atoms with E-state index in [1.807, 2.05) is 18.2 Å². The molecule has 1 N–H and O–H groups in total. The number of carboxylic acids is 1. The molecule has 0 saturated carbocycles. The summed E-state index contributed by atoms with van der Waals surface area (Å²) < 4.78 is 0. The first-order valence-electron chi connectivity index (χ1n) is 6.14. The molecule has 0 bridgehead atoms. The number of aromatic carboxylic acids is 1. The minimum Gasteiger partial charge on any atom is -0.478 e. The molecule has 2 heterocycles. The summed E-state index contributed by atoms with van der Waals surface area (Å²) in [5.41, 5.74) is 1.06. The fourth-order valence-corrected chi connectivity index (χ4v) is 2.45. The maximum atomic E-state index is 11.1. The first kappa shape index (κ1) is 11.0. The van der Waals surface area contributed by atoms with Crippen molar-refractivity contribution >= 4 is 22.7 Å². The van der Waals surface area contributed by atoms with Crippen LogP contribution in [-0.4, -0.2) is 29.1 Å². The van der Waals surface area contributed by atoms with E-state index in [1.54, 1.807) is 12.1 Å². The quantitative estimate of drug-likeness (QED) is 0.879. The van der Waals surface area contributed by atoms with Gasteiger partial charge in [0.25, 0.3) is 0 Å². The second kappa shape index (κ2) is 4.29. The van der Waals surface area contributed by atoms with Crippen molar-refractivity contribution in [1.29, 1.82) is 0 Å². The number of benzene rings is 1. The lowest BCUT2D eigenvalue weighted by molar-refractivity contribution is 0.0699. The summed E-state index contributed by atoms with van der Waals surface area (Å²) in [6.45, 7) is 2.08. The molecule has 92 valence electrons. The van der Waals surface area contributed by atoms with Gasteiger partial charge in [-0.15, -0.1) is 0 Å². The molecule has 1 fully saturated rings. The molecule has 3 rings (SSSR count). The number of fused-ring (bicyclic) bond motifs is 1. The van der Waals surface area contributed by atoms with Crippen molar-refractivity contribution in [2.45, 2.75) is 12.8 Å². The zero-order valence-electron chi connectivity index (χ0n) is 9.97. The molecule has 0 amide bonds. The monoisotopic (exact) mass is 242 g/mol. The van der Waals surface area contributed by atoms with E-state index >= 15 is 0 Å². The smallest absolute Gasteiger partial charge is 0.336 e.